The van der Waals surface area contributed by atoms with E-state index in [1.54, 1.807) is 0 Å². The Labute approximate surface area is 125 Å². The summed E-state index contributed by atoms with van der Waals surface area (Å²) in [5.74, 6) is 0. The van der Waals surface area contributed by atoms with Gasteiger partial charge in [0, 0.05) is 35.1 Å². The van der Waals surface area contributed by atoms with Crippen LogP contribution in [0.1, 0.15) is 28.2 Å². The molecule has 106 valence electrons. The standard InChI is InChI=1S/C17H22N2S/c1-13-3-7-15(8-4-13)19(2)12-17-10-9-16(20-17)11-18-14-5-6-14/h3-4,7-10,14,18H,5-6,11-12H2,1-2H3. The second-order valence-corrected chi connectivity index (χ2v) is 6.97. The quantitative estimate of drug-likeness (QED) is 0.865. The van der Waals surface area contributed by atoms with E-state index in [4.69, 9.17) is 0 Å². The lowest BCUT2D eigenvalue weighted by atomic mass is 10.2. The predicted molar refractivity (Wildman–Crippen MR) is 87.5 cm³/mol. The molecule has 0 unspecified atom stereocenters. The first kappa shape index (κ1) is 13.7. The highest BCUT2D eigenvalue weighted by Crippen LogP contribution is 2.23. The van der Waals surface area contributed by atoms with E-state index in [9.17, 15) is 0 Å². The van der Waals surface area contributed by atoms with E-state index in [-0.39, 0.29) is 0 Å². The molecule has 3 rings (SSSR count). The van der Waals surface area contributed by atoms with E-state index in [1.807, 2.05) is 11.3 Å². The van der Waals surface area contributed by atoms with Gasteiger partial charge in [-0.05, 0) is 44.0 Å². The number of benzene rings is 1. The van der Waals surface area contributed by atoms with Crippen molar-refractivity contribution in [2.45, 2.75) is 38.9 Å². The molecular weight excluding hydrogens is 264 g/mol. The Morgan fingerprint density at radius 1 is 1.10 bits per heavy atom. The number of aryl methyl sites for hydroxylation is 1. The third-order valence-corrected chi connectivity index (χ3v) is 4.80. The number of anilines is 1. The molecule has 1 aromatic carbocycles. The predicted octanol–water partition coefficient (Wildman–Crippen LogP) is 3.94. The number of hydrogen-bond donors (Lipinski definition) is 1. The molecule has 0 saturated heterocycles. The molecule has 1 fully saturated rings. The molecule has 0 amide bonds. The van der Waals surface area contributed by atoms with Crippen molar-refractivity contribution < 1.29 is 0 Å². The summed E-state index contributed by atoms with van der Waals surface area (Å²) in [6.45, 7) is 4.14. The molecule has 0 radical (unpaired) electrons. The maximum Gasteiger partial charge on any atom is 0.0519 e. The van der Waals surface area contributed by atoms with Gasteiger partial charge in [-0.1, -0.05) is 17.7 Å². The van der Waals surface area contributed by atoms with Gasteiger partial charge < -0.3 is 10.2 Å². The summed E-state index contributed by atoms with van der Waals surface area (Å²) in [4.78, 5) is 5.19. The van der Waals surface area contributed by atoms with Crippen LogP contribution in [-0.4, -0.2) is 13.1 Å². The van der Waals surface area contributed by atoms with Gasteiger partial charge in [0.05, 0.1) is 6.54 Å². The molecule has 0 atom stereocenters. The number of rotatable bonds is 6. The summed E-state index contributed by atoms with van der Waals surface area (Å²) in [7, 11) is 2.16. The van der Waals surface area contributed by atoms with Crippen LogP contribution in [-0.2, 0) is 13.1 Å². The first-order chi connectivity index (χ1) is 9.70. The molecule has 1 N–H and O–H groups in total. The highest BCUT2D eigenvalue weighted by atomic mass is 32.1. The van der Waals surface area contributed by atoms with Crippen molar-refractivity contribution in [3.8, 4) is 0 Å². The highest BCUT2D eigenvalue weighted by Gasteiger charge is 2.20. The number of nitrogens with one attached hydrogen (secondary N) is 1. The van der Waals surface area contributed by atoms with Gasteiger partial charge in [-0.15, -0.1) is 11.3 Å². The average molecular weight is 286 g/mol. The van der Waals surface area contributed by atoms with Gasteiger partial charge in [-0.2, -0.15) is 0 Å². The molecule has 1 aliphatic rings. The van der Waals surface area contributed by atoms with E-state index in [0.717, 1.165) is 19.1 Å². The molecular formula is C17H22N2S. The Balaban J connectivity index is 1.57. The lowest BCUT2D eigenvalue weighted by molar-refractivity contribution is 0.695. The van der Waals surface area contributed by atoms with Crippen molar-refractivity contribution in [2.24, 2.45) is 0 Å². The molecule has 2 aromatic rings. The van der Waals surface area contributed by atoms with Crippen molar-refractivity contribution >= 4 is 17.0 Å². The second kappa shape index (κ2) is 5.98. The van der Waals surface area contributed by atoms with Crippen LogP contribution in [0.4, 0.5) is 5.69 Å². The fraction of sp³-hybridized carbons (Fsp3) is 0.412. The maximum absolute atomic E-state index is 3.57. The van der Waals surface area contributed by atoms with Crippen LogP contribution in [0.5, 0.6) is 0 Å². The first-order valence-corrected chi connectivity index (χ1v) is 8.11. The van der Waals surface area contributed by atoms with Crippen molar-refractivity contribution in [3.63, 3.8) is 0 Å². The zero-order valence-corrected chi connectivity index (χ0v) is 13.0. The Kier molecular flexibility index (Phi) is 4.08. The number of nitrogens with zero attached hydrogens (tertiary/aromatic N) is 1. The van der Waals surface area contributed by atoms with Crippen LogP contribution in [0.3, 0.4) is 0 Å². The van der Waals surface area contributed by atoms with Crippen LogP contribution >= 0.6 is 11.3 Å². The largest absolute Gasteiger partial charge is 0.369 e. The van der Waals surface area contributed by atoms with Crippen LogP contribution in [0.15, 0.2) is 36.4 Å². The molecule has 0 aliphatic heterocycles. The second-order valence-electron chi connectivity index (χ2n) is 5.71. The van der Waals surface area contributed by atoms with Gasteiger partial charge in [0.15, 0.2) is 0 Å². The lowest BCUT2D eigenvalue weighted by Crippen LogP contribution is -2.15. The summed E-state index contributed by atoms with van der Waals surface area (Å²) in [6, 6.07) is 14.0. The molecule has 1 aromatic heterocycles. The molecule has 0 bridgehead atoms. The Bertz CT molecular complexity index is 555. The summed E-state index contributed by atoms with van der Waals surface area (Å²) in [5.41, 5.74) is 2.59. The highest BCUT2D eigenvalue weighted by molar-refractivity contribution is 7.12. The maximum atomic E-state index is 3.57. The van der Waals surface area contributed by atoms with Crippen LogP contribution in [0.25, 0.3) is 0 Å². The summed E-state index contributed by atoms with van der Waals surface area (Å²) in [5, 5.41) is 3.57. The normalized spacial score (nSPS) is 14.5. The molecule has 1 heterocycles. The minimum absolute atomic E-state index is 0.788. The fourth-order valence-electron chi connectivity index (χ4n) is 2.26. The van der Waals surface area contributed by atoms with E-state index in [0.29, 0.717) is 0 Å². The van der Waals surface area contributed by atoms with Gasteiger partial charge in [-0.25, -0.2) is 0 Å². The number of thiophene rings is 1. The first-order valence-electron chi connectivity index (χ1n) is 7.29. The van der Waals surface area contributed by atoms with Crippen molar-refractivity contribution in [1.82, 2.24) is 5.32 Å². The summed E-state index contributed by atoms with van der Waals surface area (Å²) < 4.78 is 0. The molecule has 2 nitrogen and oxygen atoms in total. The van der Waals surface area contributed by atoms with Gasteiger partial charge in [0.2, 0.25) is 0 Å². The molecule has 3 heteroatoms. The lowest BCUT2D eigenvalue weighted by Gasteiger charge is -2.18. The van der Waals surface area contributed by atoms with E-state index >= 15 is 0 Å². The molecule has 1 saturated carbocycles. The van der Waals surface area contributed by atoms with Crippen molar-refractivity contribution in [2.75, 3.05) is 11.9 Å². The average Bonchev–Trinajstić information content (AvgIpc) is 3.17. The fourth-order valence-corrected chi connectivity index (χ4v) is 3.28. The third kappa shape index (κ3) is 3.62. The Hall–Kier alpha value is -1.32. The van der Waals surface area contributed by atoms with E-state index < -0.39 is 0 Å². The number of hydrogen-bond acceptors (Lipinski definition) is 3. The third-order valence-electron chi connectivity index (χ3n) is 3.73. The SMILES string of the molecule is Cc1ccc(N(C)Cc2ccc(CNC3CC3)s2)cc1. The zero-order chi connectivity index (χ0) is 13.9. The van der Waals surface area contributed by atoms with Gasteiger partial charge in [0.1, 0.15) is 0 Å². The smallest absolute Gasteiger partial charge is 0.0519 e. The Morgan fingerprint density at radius 2 is 1.80 bits per heavy atom. The Morgan fingerprint density at radius 3 is 2.50 bits per heavy atom. The minimum Gasteiger partial charge on any atom is -0.369 e. The van der Waals surface area contributed by atoms with Gasteiger partial charge >= 0.3 is 0 Å². The summed E-state index contributed by atoms with van der Waals surface area (Å²) in [6.07, 6.45) is 2.71. The molecule has 0 spiro atoms. The minimum atomic E-state index is 0.788. The monoisotopic (exact) mass is 286 g/mol. The van der Waals surface area contributed by atoms with Crippen LogP contribution in [0.2, 0.25) is 0 Å². The van der Waals surface area contributed by atoms with Crippen molar-refractivity contribution in [3.05, 3.63) is 51.7 Å². The zero-order valence-electron chi connectivity index (χ0n) is 12.2. The molecule has 1 aliphatic carbocycles. The van der Waals surface area contributed by atoms with E-state index in [1.165, 1.54) is 33.8 Å². The van der Waals surface area contributed by atoms with Gasteiger partial charge in [-0.3, -0.25) is 0 Å². The van der Waals surface area contributed by atoms with Gasteiger partial charge in [0.25, 0.3) is 0 Å². The topological polar surface area (TPSA) is 15.3 Å². The molecule has 20 heavy (non-hydrogen) atoms. The van der Waals surface area contributed by atoms with E-state index in [2.05, 4.69) is 60.6 Å². The van der Waals surface area contributed by atoms with Crippen LogP contribution in [0, 0.1) is 6.92 Å². The van der Waals surface area contributed by atoms with Crippen molar-refractivity contribution in [1.29, 1.82) is 0 Å². The van der Waals surface area contributed by atoms with Crippen LogP contribution < -0.4 is 10.2 Å². The summed E-state index contributed by atoms with van der Waals surface area (Å²) >= 11 is 1.92.